The highest BCUT2D eigenvalue weighted by molar-refractivity contribution is 5.89. The number of rotatable bonds is 6. The molecular weight excluding hydrogens is 358 g/mol. The molecule has 3 rings (SSSR count). The summed E-state index contributed by atoms with van der Waals surface area (Å²) in [5.41, 5.74) is 1.93. The van der Waals surface area contributed by atoms with Crippen molar-refractivity contribution in [3.63, 3.8) is 0 Å². The van der Waals surface area contributed by atoms with Gasteiger partial charge in [0.15, 0.2) is 6.61 Å². The van der Waals surface area contributed by atoms with Crippen LogP contribution in [0.3, 0.4) is 0 Å². The number of benzene rings is 1. The van der Waals surface area contributed by atoms with Gasteiger partial charge >= 0.3 is 5.97 Å². The van der Waals surface area contributed by atoms with Crippen molar-refractivity contribution in [2.75, 3.05) is 19.7 Å². The molecule has 7 heteroatoms. The van der Waals surface area contributed by atoms with E-state index in [4.69, 9.17) is 9.47 Å². The molecule has 28 heavy (non-hydrogen) atoms. The lowest BCUT2D eigenvalue weighted by Crippen LogP contribution is -2.49. The molecule has 1 aromatic carbocycles. The summed E-state index contributed by atoms with van der Waals surface area (Å²) < 4.78 is 12.5. The van der Waals surface area contributed by atoms with E-state index >= 15 is 0 Å². The Kier molecular flexibility index (Phi) is 6.60. The van der Waals surface area contributed by atoms with Gasteiger partial charge < -0.3 is 14.4 Å². The van der Waals surface area contributed by atoms with Crippen LogP contribution in [-0.2, 0) is 25.6 Å². The van der Waals surface area contributed by atoms with E-state index in [1.165, 1.54) is 6.08 Å². The summed E-state index contributed by atoms with van der Waals surface area (Å²) in [6, 6.07) is 9.99. The van der Waals surface area contributed by atoms with Crippen molar-refractivity contribution in [2.45, 2.75) is 32.6 Å². The summed E-state index contributed by atoms with van der Waals surface area (Å²) in [7, 11) is 0. The fourth-order valence-electron chi connectivity index (χ4n) is 3.14. The quantitative estimate of drug-likeness (QED) is 0.564. The second kappa shape index (κ2) is 9.32. The van der Waals surface area contributed by atoms with E-state index in [0.717, 1.165) is 11.1 Å². The number of esters is 1. The molecule has 0 unspecified atom stereocenters. The number of nitrogens with zero attached hydrogens (tertiary/aromatic N) is 3. The zero-order valence-corrected chi connectivity index (χ0v) is 16.2. The van der Waals surface area contributed by atoms with E-state index in [2.05, 4.69) is 5.10 Å². The van der Waals surface area contributed by atoms with Gasteiger partial charge in [0.25, 0.3) is 5.91 Å². The Balaban J connectivity index is 1.45. The monoisotopic (exact) mass is 383 g/mol. The molecule has 1 fully saturated rings. The highest BCUT2D eigenvalue weighted by Gasteiger charge is 2.26. The van der Waals surface area contributed by atoms with Crippen molar-refractivity contribution < 1.29 is 19.1 Å². The third kappa shape index (κ3) is 5.79. The average molecular weight is 383 g/mol. The van der Waals surface area contributed by atoms with Crippen molar-refractivity contribution in [3.8, 4) is 0 Å². The zero-order valence-electron chi connectivity index (χ0n) is 16.2. The van der Waals surface area contributed by atoms with E-state index in [0.29, 0.717) is 19.6 Å². The summed E-state index contributed by atoms with van der Waals surface area (Å²) >= 11 is 0. The average Bonchev–Trinajstić information content (AvgIpc) is 3.12. The zero-order chi connectivity index (χ0) is 19.9. The van der Waals surface area contributed by atoms with Crippen molar-refractivity contribution in [1.82, 2.24) is 14.7 Å². The molecule has 148 valence electrons. The Morgan fingerprint density at radius 3 is 2.64 bits per heavy atom. The van der Waals surface area contributed by atoms with Crippen LogP contribution >= 0.6 is 0 Å². The molecule has 0 N–H and O–H groups in total. The Labute approximate surface area is 164 Å². The number of hydrogen-bond donors (Lipinski definition) is 0. The maximum absolute atomic E-state index is 12.2. The molecule has 1 amide bonds. The Bertz CT molecular complexity index is 821. The molecule has 0 radical (unpaired) electrons. The lowest BCUT2D eigenvalue weighted by atomic mass is 10.2. The minimum Gasteiger partial charge on any atom is -0.452 e. The lowest BCUT2D eigenvalue weighted by Gasteiger charge is -2.35. The van der Waals surface area contributed by atoms with Crippen LogP contribution in [0.25, 0.3) is 6.08 Å². The molecule has 2 atom stereocenters. The van der Waals surface area contributed by atoms with E-state index in [9.17, 15) is 9.59 Å². The number of aromatic nitrogens is 2. The lowest BCUT2D eigenvalue weighted by molar-refractivity contribution is -0.154. The SMILES string of the molecule is C[C@@H]1CN(C(=O)COC(=O)/C=C/c2cnn(Cc3ccccc3)c2)C[C@@H](C)O1. The third-order valence-corrected chi connectivity index (χ3v) is 4.36. The van der Waals surface area contributed by atoms with Crippen LogP contribution in [0, 0.1) is 0 Å². The highest BCUT2D eigenvalue weighted by atomic mass is 16.5. The molecule has 0 spiro atoms. The van der Waals surface area contributed by atoms with Gasteiger partial charge in [-0.15, -0.1) is 0 Å². The summed E-state index contributed by atoms with van der Waals surface area (Å²) in [4.78, 5) is 25.8. The van der Waals surface area contributed by atoms with E-state index in [1.807, 2.05) is 50.4 Å². The summed E-state index contributed by atoms with van der Waals surface area (Å²) in [6.45, 7) is 5.25. The maximum Gasteiger partial charge on any atom is 0.331 e. The molecule has 2 heterocycles. The molecule has 2 aromatic rings. The van der Waals surface area contributed by atoms with Crippen LogP contribution in [0.1, 0.15) is 25.0 Å². The number of carbonyl (C=O) groups is 2. The van der Waals surface area contributed by atoms with Crippen LogP contribution < -0.4 is 0 Å². The largest absolute Gasteiger partial charge is 0.452 e. The van der Waals surface area contributed by atoms with Crippen LogP contribution in [0.5, 0.6) is 0 Å². The molecule has 1 saturated heterocycles. The van der Waals surface area contributed by atoms with Crippen molar-refractivity contribution >= 4 is 18.0 Å². The maximum atomic E-state index is 12.2. The van der Waals surface area contributed by atoms with Crippen LogP contribution in [0.15, 0.2) is 48.8 Å². The number of amides is 1. The van der Waals surface area contributed by atoms with E-state index in [-0.39, 0.29) is 24.7 Å². The second-order valence-corrected chi connectivity index (χ2v) is 6.95. The molecule has 1 aliphatic heterocycles. The fourth-order valence-corrected chi connectivity index (χ4v) is 3.14. The van der Waals surface area contributed by atoms with Gasteiger partial charge in [0, 0.05) is 30.9 Å². The summed E-state index contributed by atoms with van der Waals surface area (Å²) in [6.07, 6.45) is 6.42. The van der Waals surface area contributed by atoms with Gasteiger partial charge in [-0.1, -0.05) is 30.3 Å². The summed E-state index contributed by atoms with van der Waals surface area (Å²) in [5, 5.41) is 4.28. The summed E-state index contributed by atoms with van der Waals surface area (Å²) in [5.74, 6) is -0.766. The van der Waals surface area contributed by atoms with Crippen molar-refractivity contribution in [3.05, 3.63) is 59.9 Å². The third-order valence-electron chi connectivity index (χ3n) is 4.36. The topological polar surface area (TPSA) is 73.7 Å². The van der Waals surface area contributed by atoms with E-state index in [1.54, 1.807) is 21.9 Å². The first-order chi connectivity index (χ1) is 13.5. The Hall–Kier alpha value is -2.93. The predicted molar refractivity (Wildman–Crippen MR) is 104 cm³/mol. The molecule has 0 aliphatic carbocycles. The molecule has 0 bridgehead atoms. The number of ether oxygens (including phenoxy) is 2. The number of hydrogen-bond acceptors (Lipinski definition) is 5. The molecule has 7 nitrogen and oxygen atoms in total. The van der Waals surface area contributed by atoms with E-state index < -0.39 is 5.97 Å². The van der Waals surface area contributed by atoms with Gasteiger partial charge in [0.2, 0.25) is 0 Å². The molecular formula is C21H25N3O4. The van der Waals surface area contributed by atoms with Crippen LogP contribution in [-0.4, -0.2) is 58.5 Å². The Morgan fingerprint density at radius 1 is 1.21 bits per heavy atom. The van der Waals surface area contributed by atoms with Gasteiger partial charge in [0.05, 0.1) is 24.9 Å². The van der Waals surface area contributed by atoms with Gasteiger partial charge in [-0.25, -0.2) is 4.79 Å². The van der Waals surface area contributed by atoms with Gasteiger partial charge in [0.1, 0.15) is 0 Å². The first-order valence-electron chi connectivity index (χ1n) is 9.34. The second-order valence-electron chi connectivity index (χ2n) is 6.95. The van der Waals surface area contributed by atoms with Crippen LogP contribution in [0.4, 0.5) is 0 Å². The predicted octanol–water partition coefficient (Wildman–Crippen LogP) is 2.12. The minimum absolute atomic E-state index is 0.0179. The number of morpholine rings is 1. The fraction of sp³-hybridized carbons (Fsp3) is 0.381. The molecule has 0 saturated carbocycles. The highest BCUT2D eigenvalue weighted by Crippen LogP contribution is 2.11. The Morgan fingerprint density at radius 2 is 1.93 bits per heavy atom. The number of carbonyl (C=O) groups excluding carboxylic acids is 2. The molecule has 1 aliphatic rings. The van der Waals surface area contributed by atoms with Crippen molar-refractivity contribution in [2.24, 2.45) is 0 Å². The normalized spacial score (nSPS) is 19.7. The standard InChI is InChI=1S/C21H25N3O4/c1-16-11-23(12-17(2)28-16)20(25)15-27-21(26)9-8-19-10-22-24(14-19)13-18-6-4-3-5-7-18/h3-10,14,16-17H,11-13,15H2,1-2H3/b9-8+/t16-,17-/m1/s1. The van der Waals surface area contributed by atoms with Gasteiger partial charge in [-0.05, 0) is 25.5 Å². The van der Waals surface area contributed by atoms with Gasteiger partial charge in [-0.2, -0.15) is 5.10 Å². The molecule has 1 aromatic heterocycles. The smallest absolute Gasteiger partial charge is 0.331 e. The minimum atomic E-state index is -0.557. The van der Waals surface area contributed by atoms with Crippen LogP contribution in [0.2, 0.25) is 0 Å². The first kappa shape index (κ1) is 19.8. The van der Waals surface area contributed by atoms with Crippen molar-refractivity contribution in [1.29, 1.82) is 0 Å². The first-order valence-corrected chi connectivity index (χ1v) is 9.34. The van der Waals surface area contributed by atoms with Gasteiger partial charge in [-0.3, -0.25) is 9.48 Å².